The van der Waals surface area contributed by atoms with E-state index in [1.54, 1.807) is 30.3 Å². The van der Waals surface area contributed by atoms with Gasteiger partial charge in [-0.1, -0.05) is 78.3 Å². The van der Waals surface area contributed by atoms with Crippen molar-refractivity contribution < 1.29 is 23.1 Å². The molecule has 0 aliphatic rings. The van der Waals surface area contributed by atoms with Gasteiger partial charge >= 0.3 is 0 Å². The van der Waals surface area contributed by atoms with Gasteiger partial charge in [-0.05, 0) is 67.1 Å². The maximum atomic E-state index is 14.0. The number of ether oxygens (including phenoxy) is 1. The van der Waals surface area contributed by atoms with Crippen LogP contribution in [0.5, 0.6) is 5.75 Å². The van der Waals surface area contributed by atoms with Gasteiger partial charge in [0.25, 0.3) is 5.91 Å². The van der Waals surface area contributed by atoms with Crippen molar-refractivity contribution in [2.24, 2.45) is 5.92 Å². The minimum absolute atomic E-state index is 0.0179. The maximum Gasteiger partial charge on any atom is 0.258 e. The average molecular weight is 756 g/mol. The number of aromatic nitrogens is 1. The van der Waals surface area contributed by atoms with E-state index < -0.39 is 28.1 Å². The van der Waals surface area contributed by atoms with Crippen molar-refractivity contribution in [2.45, 2.75) is 51.2 Å². The van der Waals surface area contributed by atoms with E-state index in [2.05, 4.69) is 38.1 Å². The Bertz CT molecular complexity index is 1760. The summed E-state index contributed by atoms with van der Waals surface area (Å²) in [6.07, 6.45) is 0.834. The second-order valence-electron chi connectivity index (χ2n) is 12.0. The molecular formula is C36H43BrN4O5S2. The summed E-state index contributed by atoms with van der Waals surface area (Å²) < 4.78 is 36.1. The number of halogens is 1. The molecule has 48 heavy (non-hydrogen) atoms. The number of carbonyl (C=O) groups is 1. The van der Waals surface area contributed by atoms with Gasteiger partial charge in [-0.25, -0.2) is 13.4 Å². The van der Waals surface area contributed by atoms with Crippen LogP contribution < -0.4 is 15.4 Å². The Balaban J connectivity index is 1.52. The van der Waals surface area contributed by atoms with Crippen molar-refractivity contribution in [3.8, 4) is 17.0 Å². The van der Waals surface area contributed by atoms with Crippen molar-refractivity contribution in [3.05, 3.63) is 106 Å². The van der Waals surface area contributed by atoms with Crippen LogP contribution in [-0.4, -0.2) is 67.1 Å². The van der Waals surface area contributed by atoms with Crippen LogP contribution in [0.15, 0.2) is 94.1 Å². The number of thiazole rings is 1. The molecule has 0 fully saturated rings. The molecule has 2 atom stereocenters. The van der Waals surface area contributed by atoms with Gasteiger partial charge in [0.1, 0.15) is 5.75 Å². The first kappa shape index (κ1) is 37.3. The van der Waals surface area contributed by atoms with E-state index >= 15 is 0 Å². The van der Waals surface area contributed by atoms with Gasteiger partial charge in [0.05, 0.1) is 22.7 Å². The molecule has 0 aliphatic carbocycles. The highest BCUT2D eigenvalue weighted by Gasteiger charge is 2.31. The molecular weight excluding hydrogens is 712 g/mol. The highest BCUT2D eigenvalue weighted by atomic mass is 79.9. The number of hydrogen-bond acceptors (Lipinski definition) is 8. The number of rotatable bonds is 17. The summed E-state index contributed by atoms with van der Waals surface area (Å²) in [5, 5.41) is 20.3. The standard InChI is InChI=1S/C36H43BrN4O5S2/c1-6-16-38-36-40-32(23-47-36)28-12-14-30(15-13-28)48(44,45)41(20-24(2)3)21-33(42)31(19-27-10-8-7-9-11-27)39-34(43)22-46-35-25(4)17-29(37)18-26(35)5/h6-15,17-18,23-24,31,33,42H,1,16,19-22H2,2-5H3,(H,38,40)(H,39,43)/t31-,33+/m0/s1. The fourth-order valence-electron chi connectivity index (χ4n) is 5.27. The molecule has 0 saturated heterocycles. The first-order chi connectivity index (χ1) is 22.9. The monoisotopic (exact) mass is 754 g/mol. The highest BCUT2D eigenvalue weighted by Crippen LogP contribution is 2.28. The number of hydrogen-bond donors (Lipinski definition) is 3. The third-order valence-electron chi connectivity index (χ3n) is 7.53. The summed E-state index contributed by atoms with van der Waals surface area (Å²) in [6.45, 7) is 11.7. The fourth-order valence-corrected chi connectivity index (χ4v) is 8.31. The molecule has 0 radical (unpaired) electrons. The lowest BCUT2D eigenvalue weighted by Crippen LogP contribution is -2.52. The van der Waals surface area contributed by atoms with Gasteiger partial charge < -0.3 is 20.5 Å². The summed E-state index contributed by atoms with van der Waals surface area (Å²) in [7, 11) is -4.00. The van der Waals surface area contributed by atoms with Crippen LogP contribution in [0.25, 0.3) is 11.3 Å². The van der Waals surface area contributed by atoms with Gasteiger partial charge in [0, 0.05) is 35.1 Å². The molecule has 4 aromatic rings. The Labute approximate surface area is 296 Å². The smallest absolute Gasteiger partial charge is 0.258 e. The van der Waals surface area contributed by atoms with Crippen molar-refractivity contribution in [3.63, 3.8) is 0 Å². The summed E-state index contributed by atoms with van der Waals surface area (Å²) >= 11 is 4.93. The van der Waals surface area contributed by atoms with E-state index in [0.717, 1.165) is 37.6 Å². The number of nitrogens with zero attached hydrogens (tertiary/aromatic N) is 2. The van der Waals surface area contributed by atoms with Crippen LogP contribution in [-0.2, 0) is 21.2 Å². The Morgan fingerprint density at radius 1 is 1.08 bits per heavy atom. The number of anilines is 1. The Morgan fingerprint density at radius 2 is 1.75 bits per heavy atom. The molecule has 3 aromatic carbocycles. The molecule has 1 amide bonds. The highest BCUT2D eigenvalue weighted by molar-refractivity contribution is 9.10. The molecule has 12 heteroatoms. The number of aliphatic hydroxyl groups excluding tert-OH is 1. The second kappa shape index (κ2) is 17.2. The van der Waals surface area contributed by atoms with Crippen molar-refractivity contribution in [1.82, 2.24) is 14.6 Å². The van der Waals surface area contributed by atoms with Gasteiger partial charge in [-0.2, -0.15) is 4.31 Å². The molecule has 1 aromatic heterocycles. The number of benzene rings is 3. The zero-order valence-electron chi connectivity index (χ0n) is 27.6. The summed E-state index contributed by atoms with van der Waals surface area (Å²) in [5.41, 5.74) is 4.18. The van der Waals surface area contributed by atoms with Crippen LogP contribution in [0.1, 0.15) is 30.5 Å². The first-order valence-corrected chi connectivity index (χ1v) is 18.8. The zero-order valence-corrected chi connectivity index (χ0v) is 30.9. The van der Waals surface area contributed by atoms with Crippen molar-refractivity contribution in [2.75, 3.05) is 31.6 Å². The first-order valence-electron chi connectivity index (χ1n) is 15.7. The number of sulfonamides is 1. The van der Waals surface area contributed by atoms with E-state index in [4.69, 9.17) is 4.74 Å². The Kier molecular flexibility index (Phi) is 13.4. The third kappa shape index (κ3) is 10.2. The molecule has 0 saturated carbocycles. The van der Waals surface area contributed by atoms with E-state index in [0.29, 0.717) is 18.7 Å². The fraction of sp³-hybridized carbons (Fsp3) is 0.333. The van der Waals surface area contributed by atoms with Crippen LogP contribution >= 0.6 is 27.3 Å². The van der Waals surface area contributed by atoms with Gasteiger partial charge in [-0.3, -0.25) is 4.79 Å². The SMILES string of the molecule is C=CCNc1nc(-c2ccc(S(=O)(=O)N(CC(C)C)C[C@@H](O)[C@H](Cc3ccccc3)NC(=O)COc3c(C)cc(Br)cc3C)cc2)cs1. The van der Waals surface area contributed by atoms with E-state index in [1.165, 1.54) is 15.6 Å². The van der Waals surface area contributed by atoms with E-state index in [-0.39, 0.29) is 30.5 Å². The molecule has 256 valence electrons. The minimum atomic E-state index is -4.00. The lowest BCUT2D eigenvalue weighted by molar-refractivity contribution is -0.124. The zero-order chi connectivity index (χ0) is 34.8. The minimum Gasteiger partial charge on any atom is -0.483 e. The molecule has 0 aliphatic heterocycles. The number of aryl methyl sites for hydroxylation is 2. The van der Waals surface area contributed by atoms with Crippen molar-refractivity contribution in [1.29, 1.82) is 0 Å². The number of aliphatic hydroxyl groups is 1. The average Bonchev–Trinajstić information content (AvgIpc) is 3.52. The topological polar surface area (TPSA) is 121 Å². The largest absolute Gasteiger partial charge is 0.483 e. The lowest BCUT2D eigenvalue weighted by atomic mass is 10.0. The van der Waals surface area contributed by atoms with Crippen LogP contribution in [0.4, 0.5) is 5.13 Å². The molecule has 4 rings (SSSR count). The van der Waals surface area contributed by atoms with E-state index in [9.17, 15) is 18.3 Å². The maximum absolute atomic E-state index is 14.0. The van der Waals surface area contributed by atoms with Crippen LogP contribution in [0, 0.1) is 19.8 Å². The van der Waals surface area contributed by atoms with Crippen LogP contribution in [0.2, 0.25) is 0 Å². The predicted octanol–water partition coefficient (Wildman–Crippen LogP) is 6.60. The van der Waals surface area contributed by atoms with Crippen LogP contribution in [0.3, 0.4) is 0 Å². The molecule has 9 nitrogen and oxygen atoms in total. The molecule has 0 spiro atoms. The third-order valence-corrected chi connectivity index (χ3v) is 10.6. The van der Waals surface area contributed by atoms with Crippen molar-refractivity contribution >= 4 is 48.3 Å². The molecule has 0 unspecified atom stereocenters. The molecule has 3 N–H and O–H groups in total. The van der Waals surface area contributed by atoms with E-state index in [1.807, 2.05) is 75.5 Å². The molecule has 1 heterocycles. The Hall–Kier alpha value is -3.55. The quantitative estimate of drug-likeness (QED) is 0.104. The summed E-state index contributed by atoms with van der Waals surface area (Å²) in [4.78, 5) is 17.9. The summed E-state index contributed by atoms with van der Waals surface area (Å²) in [5.74, 6) is 0.180. The van der Waals surface area contributed by atoms with Gasteiger partial charge in [-0.15, -0.1) is 17.9 Å². The van der Waals surface area contributed by atoms with Gasteiger partial charge in [0.2, 0.25) is 10.0 Å². The number of nitrogens with one attached hydrogen (secondary N) is 2. The Morgan fingerprint density at radius 3 is 2.38 bits per heavy atom. The normalized spacial score (nSPS) is 12.9. The number of carbonyl (C=O) groups excluding carboxylic acids is 1. The van der Waals surface area contributed by atoms with Gasteiger partial charge in [0.15, 0.2) is 11.7 Å². The summed E-state index contributed by atoms with van der Waals surface area (Å²) in [6, 6.07) is 19.1. The predicted molar refractivity (Wildman–Crippen MR) is 197 cm³/mol. The number of amides is 1. The lowest BCUT2D eigenvalue weighted by Gasteiger charge is -2.31. The second-order valence-corrected chi connectivity index (χ2v) is 15.7. The molecule has 0 bridgehead atoms.